The minimum Gasteiger partial charge on any atom is -0.341 e. The normalized spacial score (nSPS) is 20.3. The van der Waals surface area contributed by atoms with Crippen LogP contribution in [0.2, 0.25) is 0 Å². The van der Waals surface area contributed by atoms with Gasteiger partial charge in [0.1, 0.15) is 6.07 Å². The van der Waals surface area contributed by atoms with Crippen molar-refractivity contribution in [3.8, 4) is 6.07 Å². The van der Waals surface area contributed by atoms with Crippen LogP contribution in [0.3, 0.4) is 0 Å². The van der Waals surface area contributed by atoms with Crippen molar-refractivity contribution in [3.05, 3.63) is 65.4 Å². The summed E-state index contributed by atoms with van der Waals surface area (Å²) in [4.78, 5) is 17.8. The van der Waals surface area contributed by atoms with E-state index in [4.69, 9.17) is 5.26 Å². The second-order valence-electron chi connectivity index (χ2n) is 10.4. The first kappa shape index (κ1) is 27.7. The van der Waals surface area contributed by atoms with E-state index in [1.165, 1.54) is 18.4 Å². The number of allylic oxidation sites excluding steroid dienone is 4. The Labute approximate surface area is 225 Å². The van der Waals surface area contributed by atoms with Gasteiger partial charge in [-0.25, -0.2) is 18.7 Å². The Hall–Kier alpha value is -3.34. The molecule has 0 bridgehead atoms. The Morgan fingerprint density at radius 2 is 1.71 bits per heavy atom. The summed E-state index contributed by atoms with van der Waals surface area (Å²) in [6.07, 6.45) is 15.8. The van der Waals surface area contributed by atoms with Gasteiger partial charge in [-0.2, -0.15) is 5.26 Å². The smallest absolute Gasteiger partial charge is 0.266 e. The van der Waals surface area contributed by atoms with Crippen LogP contribution in [0, 0.1) is 17.2 Å². The first-order valence-corrected chi connectivity index (χ1v) is 13.8. The zero-order chi connectivity index (χ0) is 27.3. The van der Waals surface area contributed by atoms with E-state index in [1.807, 2.05) is 32.3 Å². The van der Waals surface area contributed by atoms with Crippen molar-refractivity contribution in [2.45, 2.75) is 84.1 Å². The molecule has 0 spiro atoms. The monoisotopic (exact) mass is 520 g/mol. The van der Waals surface area contributed by atoms with Gasteiger partial charge in [0, 0.05) is 37.9 Å². The molecule has 1 saturated heterocycles. The van der Waals surface area contributed by atoms with Crippen molar-refractivity contribution in [1.29, 1.82) is 5.26 Å². The van der Waals surface area contributed by atoms with Gasteiger partial charge in [-0.05, 0) is 73.6 Å². The Bertz CT molecular complexity index is 1180. The summed E-state index contributed by atoms with van der Waals surface area (Å²) in [5.41, 5.74) is 4.16. The zero-order valence-electron chi connectivity index (χ0n) is 22.9. The van der Waals surface area contributed by atoms with Crippen molar-refractivity contribution < 1.29 is 8.78 Å². The van der Waals surface area contributed by atoms with E-state index in [2.05, 4.69) is 43.8 Å². The summed E-state index contributed by atoms with van der Waals surface area (Å²) >= 11 is 0. The molecule has 0 radical (unpaired) electrons. The maximum absolute atomic E-state index is 14.2. The molecule has 2 aromatic heterocycles. The molecule has 1 unspecified atom stereocenters. The van der Waals surface area contributed by atoms with Crippen molar-refractivity contribution >= 4 is 11.6 Å². The lowest BCUT2D eigenvalue weighted by molar-refractivity contribution is 0.0575. The molecular weight excluding hydrogens is 482 g/mol. The molecule has 8 heteroatoms. The van der Waals surface area contributed by atoms with Crippen LogP contribution in [0.25, 0.3) is 0 Å². The van der Waals surface area contributed by atoms with Crippen LogP contribution in [-0.4, -0.2) is 40.0 Å². The second-order valence-corrected chi connectivity index (χ2v) is 10.4. The number of piperidine rings is 1. The molecular formula is C30H38F2N6. The van der Waals surface area contributed by atoms with E-state index in [1.54, 1.807) is 18.5 Å². The maximum atomic E-state index is 14.2. The molecule has 202 valence electrons. The largest absolute Gasteiger partial charge is 0.341 e. The van der Waals surface area contributed by atoms with Crippen molar-refractivity contribution in [2.75, 3.05) is 22.9 Å². The highest BCUT2D eigenvalue weighted by molar-refractivity contribution is 5.60. The number of nitriles is 1. The topological polar surface area (TPSA) is 68.9 Å². The summed E-state index contributed by atoms with van der Waals surface area (Å²) in [5.74, 6) is -1.51. The molecule has 1 saturated carbocycles. The standard InChI is InChI=1S/C28H32F2N6.C2H6/c1-19-13-22(28(2,29)30)5-6-24(14-19)36(26-18-32-10-7-25(26)21-3-4-21)23-8-11-35(12-9-23)27-33-16-20(15-31)17-34-27;1-2/h5-7,10,16-19,21,23H,3-4,8-9,11-14H2,1-2H3;1-2H3. The van der Waals surface area contributed by atoms with Gasteiger partial charge in [0.15, 0.2) is 0 Å². The number of alkyl halides is 2. The molecule has 5 rings (SSSR count). The van der Waals surface area contributed by atoms with E-state index in [0.29, 0.717) is 23.9 Å². The predicted molar refractivity (Wildman–Crippen MR) is 147 cm³/mol. The molecule has 0 aromatic carbocycles. The third kappa shape index (κ3) is 6.38. The lowest BCUT2D eigenvalue weighted by Gasteiger charge is -2.42. The number of aromatic nitrogens is 3. The number of halogens is 2. The average Bonchev–Trinajstić information content (AvgIpc) is 3.79. The van der Waals surface area contributed by atoms with E-state index in [-0.39, 0.29) is 17.5 Å². The second kappa shape index (κ2) is 12.0. The average molecular weight is 521 g/mol. The third-order valence-corrected chi connectivity index (χ3v) is 7.47. The molecule has 1 aliphatic heterocycles. The lowest BCUT2D eigenvalue weighted by Crippen LogP contribution is -2.45. The molecule has 0 N–H and O–H groups in total. The van der Waals surface area contributed by atoms with Gasteiger partial charge in [0.2, 0.25) is 5.95 Å². The molecule has 2 fully saturated rings. The maximum Gasteiger partial charge on any atom is 0.266 e. The fourth-order valence-electron chi connectivity index (χ4n) is 5.43. The first-order chi connectivity index (χ1) is 18.3. The Morgan fingerprint density at radius 3 is 2.32 bits per heavy atom. The molecule has 6 nitrogen and oxygen atoms in total. The number of hydrogen-bond donors (Lipinski definition) is 0. The number of rotatable bonds is 6. The van der Waals surface area contributed by atoms with E-state index in [9.17, 15) is 8.78 Å². The Balaban J connectivity index is 0.00000164. The number of hydrogen-bond acceptors (Lipinski definition) is 6. The highest BCUT2D eigenvalue weighted by Crippen LogP contribution is 2.46. The summed E-state index contributed by atoms with van der Waals surface area (Å²) in [6.45, 7) is 8.62. The van der Waals surface area contributed by atoms with Crippen LogP contribution in [0.1, 0.15) is 83.3 Å². The van der Waals surface area contributed by atoms with Gasteiger partial charge in [0.25, 0.3) is 5.92 Å². The minimum absolute atomic E-state index is 0.117. The number of nitrogens with zero attached hydrogens (tertiary/aromatic N) is 6. The summed E-state index contributed by atoms with van der Waals surface area (Å²) in [7, 11) is 0. The van der Waals surface area contributed by atoms with Gasteiger partial charge in [-0.1, -0.05) is 26.8 Å². The summed E-state index contributed by atoms with van der Waals surface area (Å²) in [5, 5.41) is 9.03. The quantitative estimate of drug-likeness (QED) is 0.408. The molecule has 2 aliphatic carbocycles. The van der Waals surface area contributed by atoms with Crippen molar-refractivity contribution in [2.24, 2.45) is 5.92 Å². The van der Waals surface area contributed by atoms with Gasteiger partial charge in [-0.15, -0.1) is 0 Å². The summed E-state index contributed by atoms with van der Waals surface area (Å²) in [6, 6.07) is 4.41. The Kier molecular flexibility index (Phi) is 8.76. The van der Waals surface area contributed by atoms with Gasteiger partial charge >= 0.3 is 0 Å². The molecule has 0 amide bonds. The molecule has 1 atom stereocenters. The number of anilines is 2. The van der Waals surface area contributed by atoms with E-state index < -0.39 is 5.92 Å². The predicted octanol–water partition coefficient (Wildman–Crippen LogP) is 7.02. The Morgan fingerprint density at radius 1 is 1.03 bits per heavy atom. The van der Waals surface area contributed by atoms with Gasteiger partial charge in [0.05, 0.1) is 29.8 Å². The first-order valence-electron chi connectivity index (χ1n) is 13.8. The van der Waals surface area contributed by atoms with Crippen molar-refractivity contribution in [3.63, 3.8) is 0 Å². The van der Waals surface area contributed by atoms with Gasteiger partial charge in [-0.3, -0.25) is 4.98 Å². The lowest BCUT2D eigenvalue weighted by atomic mass is 9.94. The van der Waals surface area contributed by atoms with Crippen LogP contribution in [-0.2, 0) is 0 Å². The SMILES string of the molecule is CC.CC1CC(N(c2cnccc2C2CC2)C2CCN(c3ncc(C#N)cn3)CC2)=CC=C(C(C)(F)F)C1. The highest BCUT2D eigenvalue weighted by atomic mass is 19.3. The highest BCUT2D eigenvalue weighted by Gasteiger charge is 2.35. The van der Waals surface area contributed by atoms with E-state index >= 15 is 0 Å². The summed E-state index contributed by atoms with van der Waals surface area (Å²) < 4.78 is 28.5. The molecule has 3 heterocycles. The van der Waals surface area contributed by atoms with Crippen LogP contribution >= 0.6 is 0 Å². The third-order valence-electron chi connectivity index (χ3n) is 7.47. The number of pyridine rings is 1. The van der Waals surface area contributed by atoms with Crippen LogP contribution in [0.5, 0.6) is 0 Å². The van der Waals surface area contributed by atoms with Crippen LogP contribution in [0.15, 0.2) is 54.3 Å². The zero-order valence-corrected chi connectivity index (χ0v) is 22.9. The molecule has 3 aliphatic rings. The van der Waals surface area contributed by atoms with Gasteiger partial charge < -0.3 is 9.80 Å². The fraction of sp³-hybridized carbons (Fsp3) is 0.533. The van der Waals surface area contributed by atoms with Crippen LogP contribution in [0.4, 0.5) is 20.4 Å². The minimum atomic E-state index is -2.81. The molecule has 2 aromatic rings. The fourth-order valence-corrected chi connectivity index (χ4v) is 5.43. The van der Waals surface area contributed by atoms with E-state index in [0.717, 1.165) is 50.7 Å². The molecule has 38 heavy (non-hydrogen) atoms. The van der Waals surface area contributed by atoms with Crippen molar-refractivity contribution in [1.82, 2.24) is 15.0 Å². The van der Waals surface area contributed by atoms with Crippen LogP contribution < -0.4 is 9.80 Å².